The quantitative estimate of drug-likeness (QED) is 0.0943. The number of para-hydroxylation sites is 2. The molecule has 12 nitrogen and oxygen atoms in total. The van der Waals surface area contributed by atoms with Gasteiger partial charge in [0.15, 0.2) is 0 Å². The number of carbonyl (C=O) groups is 6. The molecule has 2 aliphatic heterocycles. The third kappa shape index (κ3) is 9.49. The number of aromatic carboxylic acids is 2. The first-order valence-corrected chi connectivity index (χ1v) is 17.5. The minimum absolute atomic E-state index is 0.0120. The van der Waals surface area contributed by atoms with Crippen molar-refractivity contribution in [2.24, 2.45) is 0 Å². The molecule has 16 heteroatoms. The second-order valence-corrected chi connectivity index (χ2v) is 14.0. The number of nitrogens with zero attached hydrogens (tertiary/aromatic N) is 2. The van der Waals surface area contributed by atoms with E-state index in [4.69, 9.17) is 24.4 Å². The largest absolute Gasteiger partial charge is 0.478 e. The summed E-state index contributed by atoms with van der Waals surface area (Å²) in [5, 5.41) is 23.8. The Bertz CT molecular complexity index is 1570. The van der Waals surface area contributed by atoms with Gasteiger partial charge < -0.3 is 20.8 Å². The van der Waals surface area contributed by atoms with Gasteiger partial charge in [0.25, 0.3) is 11.8 Å². The van der Waals surface area contributed by atoms with Gasteiger partial charge in [-0.25, -0.2) is 9.59 Å². The molecule has 2 aromatic rings. The van der Waals surface area contributed by atoms with E-state index in [9.17, 15) is 39.0 Å². The highest BCUT2D eigenvalue weighted by molar-refractivity contribution is 8.29. The summed E-state index contributed by atoms with van der Waals surface area (Å²) < 4.78 is 0.681. The third-order valence-corrected chi connectivity index (χ3v) is 10.4. The van der Waals surface area contributed by atoms with E-state index in [2.05, 4.69) is 10.6 Å². The number of carboxylic acid groups (broad SMARTS) is 2. The first-order chi connectivity index (χ1) is 23.0. The molecule has 0 radical (unpaired) electrons. The molecule has 252 valence electrons. The van der Waals surface area contributed by atoms with Crippen LogP contribution in [0, 0.1) is 0 Å². The maximum absolute atomic E-state index is 13.2. The first-order valence-electron chi connectivity index (χ1n) is 15.0. The van der Waals surface area contributed by atoms with Gasteiger partial charge in [-0.1, -0.05) is 85.1 Å². The van der Waals surface area contributed by atoms with Gasteiger partial charge in [0.05, 0.1) is 32.3 Å². The molecule has 2 aromatic carbocycles. The van der Waals surface area contributed by atoms with E-state index in [0.717, 1.165) is 23.5 Å². The second-order valence-electron chi connectivity index (χ2n) is 10.7. The lowest BCUT2D eigenvalue weighted by Crippen LogP contribution is -2.31. The Morgan fingerprint density at radius 3 is 1.35 bits per heavy atom. The number of thioether (sulfide) groups is 2. The molecule has 4 amide bonds. The topological polar surface area (TPSA) is 173 Å². The van der Waals surface area contributed by atoms with Crippen molar-refractivity contribution < 1.29 is 39.0 Å². The minimum Gasteiger partial charge on any atom is -0.478 e. The van der Waals surface area contributed by atoms with Crippen LogP contribution in [0.1, 0.15) is 72.1 Å². The summed E-state index contributed by atoms with van der Waals surface area (Å²) in [4.78, 5) is 77.2. The first kappa shape index (κ1) is 36.7. The molecular weight excluding hydrogens is 697 g/mol. The molecular formula is C32H32N4O8S4. The summed E-state index contributed by atoms with van der Waals surface area (Å²) in [6.07, 6.45) is 3.82. The van der Waals surface area contributed by atoms with Crippen molar-refractivity contribution in [1.29, 1.82) is 0 Å². The van der Waals surface area contributed by atoms with Gasteiger partial charge in [0, 0.05) is 25.9 Å². The number of thiocarbonyl (C=S) groups is 2. The Morgan fingerprint density at radius 2 is 0.979 bits per heavy atom. The SMILES string of the molecule is O=C(CCCCCN1C(=O)/C(=C2\SC(=S)N(CCCCCC(=O)Nc3ccccc3C(=O)O)C2=O)SC1=S)Nc1ccccc1C(=O)O. The summed E-state index contributed by atoms with van der Waals surface area (Å²) in [5.41, 5.74) is 0.497. The minimum atomic E-state index is -1.13. The van der Waals surface area contributed by atoms with Crippen molar-refractivity contribution in [2.45, 2.75) is 51.4 Å². The summed E-state index contributed by atoms with van der Waals surface area (Å²) in [5.74, 6) is -3.58. The zero-order valence-corrected chi connectivity index (χ0v) is 28.8. The molecule has 0 atom stereocenters. The number of unbranched alkanes of at least 4 members (excludes halogenated alkanes) is 4. The van der Waals surface area contributed by atoms with Crippen LogP contribution in [0.25, 0.3) is 0 Å². The standard InChI is InChI=1S/C32H32N4O8S4/c37-23(33-21-13-7-5-11-19(21)29(41)42)15-3-1-9-17-35-27(39)25(47-31(35)45)26-28(40)36(32(46)48-26)18-10-2-4-16-24(38)34-22-14-8-6-12-20(22)30(43)44/h5-8,11-14H,1-4,9-10,15-18H2,(H,33,37)(H,34,38)(H,41,42)(H,43,44)/b26-25+. The molecule has 0 bridgehead atoms. The molecule has 4 rings (SSSR count). The van der Waals surface area contributed by atoms with Gasteiger partial charge in [-0.3, -0.25) is 29.0 Å². The smallest absolute Gasteiger partial charge is 0.337 e. The number of anilines is 2. The predicted octanol–water partition coefficient (Wildman–Crippen LogP) is 5.71. The van der Waals surface area contributed by atoms with Gasteiger partial charge >= 0.3 is 11.9 Å². The second kappa shape index (κ2) is 17.3. The molecule has 2 heterocycles. The molecule has 4 N–H and O–H groups in total. The van der Waals surface area contributed by atoms with E-state index in [-0.39, 0.29) is 68.8 Å². The number of carboxylic acids is 2. The molecule has 0 spiro atoms. The Morgan fingerprint density at radius 1 is 0.604 bits per heavy atom. The van der Waals surface area contributed by atoms with Crippen LogP contribution in [-0.2, 0) is 19.2 Å². The fourth-order valence-electron chi connectivity index (χ4n) is 4.90. The van der Waals surface area contributed by atoms with Crippen LogP contribution >= 0.6 is 48.0 Å². The number of nitrogens with one attached hydrogen (secondary N) is 2. The Balaban J connectivity index is 1.18. The monoisotopic (exact) mass is 728 g/mol. The van der Waals surface area contributed by atoms with E-state index in [1.165, 1.54) is 34.1 Å². The Hall–Kier alpha value is -4.12. The predicted molar refractivity (Wildman–Crippen MR) is 192 cm³/mol. The molecule has 2 saturated heterocycles. The van der Waals surface area contributed by atoms with E-state index in [1.54, 1.807) is 24.3 Å². The number of hydrogen-bond acceptors (Lipinski definition) is 10. The van der Waals surface area contributed by atoms with Gasteiger partial charge in [0.2, 0.25) is 11.8 Å². The lowest BCUT2D eigenvalue weighted by atomic mass is 10.1. The van der Waals surface area contributed by atoms with Crippen LogP contribution in [0.2, 0.25) is 0 Å². The molecule has 0 saturated carbocycles. The van der Waals surface area contributed by atoms with E-state index in [1.807, 2.05) is 0 Å². The van der Waals surface area contributed by atoms with Crippen LogP contribution in [0.15, 0.2) is 58.3 Å². The fraction of sp³-hybridized carbons (Fsp3) is 0.312. The Labute approximate surface area is 295 Å². The van der Waals surface area contributed by atoms with Crippen LogP contribution in [0.5, 0.6) is 0 Å². The van der Waals surface area contributed by atoms with Gasteiger partial charge in [0.1, 0.15) is 8.64 Å². The molecule has 0 unspecified atom stereocenters. The summed E-state index contributed by atoms with van der Waals surface area (Å²) >= 11 is 13.0. The zero-order chi connectivity index (χ0) is 34.8. The van der Waals surface area contributed by atoms with Gasteiger partial charge in [-0.15, -0.1) is 0 Å². The maximum atomic E-state index is 13.2. The number of amides is 4. The summed E-state index contributed by atoms with van der Waals surface area (Å²) in [7, 11) is 0. The van der Waals surface area contributed by atoms with Gasteiger partial charge in [-0.05, 0) is 49.9 Å². The normalized spacial score (nSPS) is 16.1. The van der Waals surface area contributed by atoms with E-state index in [0.29, 0.717) is 60.3 Å². The molecule has 2 fully saturated rings. The summed E-state index contributed by atoms with van der Waals surface area (Å²) in [6, 6.07) is 12.3. The average Bonchev–Trinajstić information content (AvgIpc) is 3.49. The van der Waals surface area contributed by atoms with Crippen molar-refractivity contribution in [2.75, 3.05) is 23.7 Å². The van der Waals surface area contributed by atoms with Crippen LogP contribution in [-0.4, -0.2) is 77.3 Å². The van der Waals surface area contributed by atoms with E-state index < -0.39 is 11.9 Å². The highest BCUT2D eigenvalue weighted by Crippen LogP contribution is 2.42. The number of carbonyl (C=O) groups excluding carboxylic acids is 4. The van der Waals surface area contributed by atoms with Crippen molar-refractivity contribution in [3.05, 3.63) is 69.5 Å². The number of benzene rings is 2. The van der Waals surface area contributed by atoms with Crippen molar-refractivity contribution in [3.8, 4) is 0 Å². The molecule has 48 heavy (non-hydrogen) atoms. The lowest BCUT2D eigenvalue weighted by molar-refractivity contribution is -0.124. The van der Waals surface area contributed by atoms with Crippen LogP contribution in [0.4, 0.5) is 11.4 Å². The van der Waals surface area contributed by atoms with Crippen molar-refractivity contribution in [3.63, 3.8) is 0 Å². The fourth-order valence-corrected chi connectivity index (χ4v) is 7.67. The average molecular weight is 729 g/mol. The number of rotatable bonds is 16. The molecule has 2 aliphatic rings. The van der Waals surface area contributed by atoms with E-state index >= 15 is 0 Å². The Kier molecular flexibility index (Phi) is 13.3. The van der Waals surface area contributed by atoms with Gasteiger partial charge in [-0.2, -0.15) is 0 Å². The van der Waals surface area contributed by atoms with Crippen LogP contribution in [0.3, 0.4) is 0 Å². The zero-order valence-electron chi connectivity index (χ0n) is 25.6. The third-order valence-electron chi connectivity index (χ3n) is 7.34. The highest BCUT2D eigenvalue weighted by Gasteiger charge is 2.41. The lowest BCUT2D eigenvalue weighted by Gasteiger charge is -2.15. The van der Waals surface area contributed by atoms with Crippen LogP contribution < -0.4 is 10.6 Å². The maximum Gasteiger partial charge on any atom is 0.337 e. The number of hydrogen-bond donors (Lipinski definition) is 4. The summed E-state index contributed by atoms with van der Waals surface area (Å²) in [6.45, 7) is 0.654. The van der Waals surface area contributed by atoms with Crippen molar-refractivity contribution >= 4 is 104 Å². The molecule has 0 aromatic heterocycles. The van der Waals surface area contributed by atoms with Crippen molar-refractivity contribution in [1.82, 2.24) is 9.80 Å². The highest BCUT2D eigenvalue weighted by atomic mass is 32.2. The molecule has 0 aliphatic carbocycles.